The van der Waals surface area contributed by atoms with E-state index in [9.17, 15) is 4.79 Å². The van der Waals surface area contributed by atoms with Crippen LogP contribution in [0.5, 0.6) is 0 Å². The van der Waals surface area contributed by atoms with Gasteiger partial charge in [0.1, 0.15) is 5.78 Å². The summed E-state index contributed by atoms with van der Waals surface area (Å²) in [7, 11) is 0. The Morgan fingerprint density at radius 1 is 1.25 bits per heavy atom. The van der Waals surface area contributed by atoms with E-state index in [0.29, 0.717) is 11.7 Å². The first kappa shape index (κ1) is 13.7. The Hall–Kier alpha value is -0.370. The summed E-state index contributed by atoms with van der Waals surface area (Å²) in [6.45, 7) is 4.11. The zero-order valence-corrected chi connectivity index (χ0v) is 10.9. The lowest BCUT2D eigenvalue weighted by atomic mass is 9.91. The van der Waals surface area contributed by atoms with Crippen molar-refractivity contribution in [1.82, 2.24) is 0 Å². The standard InChI is InChI=1S/C14H27NO/c1-11(6-5-7-12(2)15)14(16)10-13-8-3-4-9-13/h11-13H,3-10,15H2,1-2H3. The summed E-state index contributed by atoms with van der Waals surface area (Å²) in [6.07, 6.45) is 9.20. The predicted octanol–water partition coefficient (Wildman–Crippen LogP) is 3.29. The molecule has 0 aromatic carbocycles. The molecule has 2 atom stereocenters. The average Bonchev–Trinajstić information content (AvgIpc) is 2.69. The van der Waals surface area contributed by atoms with E-state index in [2.05, 4.69) is 6.92 Å². The minimum Gasteiger partial charge on any atom is -0.328 e. The Labute approximate surface area is 100.0 Å². The molecule has 1 aliphatic rings. The third-order valence-corrected chi connectivity index (χ3v) is 3.81. The summed E-state index contributed by atoms with van der Waals surface area (Å²) in [6, 6.07) is 0.275. The summed E-state index contributed by atoms with van der Waals surface area (Å²) in [5.74, 6) is 1.43. The van der Waals surface area contributed by atoms with E-state index in [0.717, 1.165) is 25.7 Å². The zero-order valence-electron chi connectivity index (χ0n) is 10.9. The van der Waals surface area contributed by atoms with Gasteiger partial charge in [-0.05, 0) is 25.7 Å². The van der Waals surface area contributed by atoms with Gasteiger partial charge in [0, 0.05) is 18.4 Å². The second kappa shape index (κ2) is 7.05. The van der Waals surface area contributed by atoms with E-state index in [1.165, 1.54) is 25.7 Å². The third-order valence-electron chi connectivity index (χ3n) is 3.81. The van der Waals surface area contributed by atoms with Gasteiger partial charge in [0.05, 0.1) is 0 Å². The molecule has 2 nitrogen and oxygen atoms in total. The number of hydrogen-bond donors (Lipinski definition) is 1. The maximum absolute atomic E-state index is 11.9. The largest absolute Gasteiger partial charge is 0.328 e. The van der Waals surface area contributed by atoms with E-state index < -0.39 is 0 Å². The van der Waals surface area contributed by atoms with Crippen LogP contribution < -0.4 is 5.73 Å². The van der Waals surface area contributed by atoms with Crippen molar-refractivity contribution in [3.63, 3.8) is 0 Å². The highest BCUT2D eigenvalue weighted by molar-refractivity contribution is 5.80. The van der Waals surface area contributed by atoms with Crippen molar-refractivity contribution in [2.75, 3.05) is 0 Å². The Kier molecular flexibility index (Phi) is 6.04. The molecule has 0 radical (unpaired) electrons. The maximum atomic E-state index is 11.9. The van der Waals surface area contributed by atoms with Crippen molar-refractivity contribution in [1.29, 1.82) is 0 Å². The van der Waals surface area contributed by atoms with Crippen LogP contribution in [0.4, 0.5) is 0 Å². The van der Waals surface area contributed by atoms with Gasteiger partial charge in [-0.25, -0.2) is 0 Å². The molecule has 0 heterocycles. The molecular weight excluding hydrogens is 198 g/mol. The van der Waals surface area contributed by atoms with Gasteiger partial charge in [-0.2, -0.15) is 0 Å². The molecule has 94 valence electrons. The molecule has 16 heavy (non-hydrogen) atoms. The Bertz CT molecular complexity index is 207. The van der Waals surface area contributed by atoms with Crippen molar-refractivity contribution in [3.05, 3.63) is 0 Å². The predicted molar refractivity (Wildman–Crippen MR) is 68.2 cm³/mol. The molecule has 0 aromatic rings. The molecule has 0 spiro atoms. The van der Waals surface area contributed by atoms with Crippen LogP contribution in [0.2, 0.25) is 0 Å². The van der Waals surface area contributed by atoms with Crippen molar-refractivity contribution in [2.45, 2.75) is 71.3 Å². The molecule has 0 aliphatic heterocycles. The Balaban J connectivity index is 2.14. The minimum absolute atomic E-state index is 0.249. The van der Waals surface area contributed by atoms with Crippen molar-refractivity contribution in [3.8, 4) is 0 Å². The molecule has 0 aromatic heterocycles. The first-order valence-corrected chi connectivity index (χ1v) is 6.88. The van der Waals surface area contributed by atoms with E-state index in [1.807, 2.05) is 6.92 Å². The van der Waals surface area contributed by atoms with Crippen LogP contribution >= 0.6 is 0 Å². The quantitative estimate of drug-likeness (QED) is 0.722. The number of carbonyl (C=O) groups is 1. The lowest BCUT2D eigenvalue weighted by molar-refractivity contribution is -0.123. The van der Waals surface area contributed by atoms with E-state index in [4.69, 9.17) is 5.73 Å². The summed E-state index contributed by atoms with van der Waals surface area (Å²) in [5.41, 5.74) is 5.70. The van der Waals surface area contributed by atoms with Gasteiger partial charge in [0.15, 0.2) is 0 Å². The number of rotatable bonds is 7. The minimum atomic E-state index is 0.249. The first-order valence-electron chi connectivity index (χ1n) is 6.88. The Morgan fingerprint density at radius 3 is 2.44 bits per heavy atom. The van der Waals surface area contributed by atoms with Gasteiger partial charge >= 0.3 is 0 Å². The summed E-state index contributed by atoms with van der Waals surface area (Å²) in [5, 5.41) is 0. The van der Waals surface area contributed by atoms with Crippen molar-refractivity contribution < 1.29 is 4.79 Å². The monoisotopic (exact) mass is 225 g/mol. The molecule has 1 saturated carbocycles. The fraction of sp³-hybridized carbons (Fsp3) is 0.929. The molecule has 2 N–H and O–H groups in total. The fourth-order valence-electron chi connectivity index (χ4n) is 2.61. The number of Topliss-reactive ketones (excluding diaryl/α,β-unsaturated/α-hetero) is 1. The van der Waals surface area contributed by atoms with Crippen LogP contribution in [0.1, 0.15) is 65.2 Å². The number of nitrogens with two attached hydrogens (primary N) is 1. The number of carbonyl (C=O) groups excluding carboxylic acids is 1. The number of ketones is 1. The van der Waals surface area contributed by atoms with Gasteiger partial charge in [-0.15, -0.1) is 0 Å². The van der Waals surface area contributed by atoms with Crippen molar-refractivity contribution >= 4 is 5.78 Å². The van der Waals surface area contributed by atoms with Crippen LogP contribution in [0, 0.1) is 11.8 Å². The highest BCUT2D eigenvalue weighted by Crippen LogP contribution is 2.29. The summed E-state index contributed by atoms with van der Waals surface area (Å²) in [4.78, 5) is 11.9. The first-order chi connectivity index (χ1) is 7.59. The third kappa shape index (κ3) is 5.11. The molecule has 2 unspecified atom stereocenters. The normalized spacial score (nSPS) is 20.9. The van der Waals surface area contributed by atoms with Crippen LogP contribution in [-0.4, -0.2) is 11.8 Å². The zero-order chi connectivity index (χ0) is 12.0. The van der Waals surface area contributed by atoms with Gasteiger partial charge in [-0.1, -0.05) is 39.0 Å². The van der Waals surface area contributed by atoms with Gasteiger partial charge in [0.25, 0.3) is 0 Å². The van der Waals surface area contributed by atoms with Gasteiger partial charge < -0.3 is 5.73 Å². The molecule has 2 heteroatoms. The molecule has 1 fully saturated rings. The van der Waals surface area contributed by atoms with Crippen LogP contribution in [-0.2, 0) is 4.79 Å². The Morgan fingerprint density at radius 2 is 1.88 bits per heavy atom. The SMILES string of the molecule is CC(N)CCCC(C)C(=O)CC1CCCC1. The van der Waals surface area contributed by atoms with Crippen LogP contribution in [0.3, 0.4) is 0 Å². The second-order valence-electron chi connectivity index (χ2n) is 5.63. The molecule has 1 aliphatic carbocycles. The highest BCUT2D eigenvalue weighted by Gasteiger charge is 2.21. The highest BCUT2D eigenvalue weighted by atomic mass is 16.1. The van der Waals surface area contributed by atoms with Gasteiger partial charge in [-0.3, -0.25) is 4.79 Å². The molecular formula is C14H27NO. The number of hydrogen-bond acceptors (Lipinski definition) is 2. The lowest BCUT2D eigenvalue weighted by Crippen LogP contribution is -2.17. The summed E-state index contributed by atoms with van der Waals surface area (Å²) < 4.78 is 0. The molecule has 0 bridgehead atoms. The van der Waals surface area contributed by atoms with Crippen LogP contribution in [0.25, 0.3) is 0 Å². The molecule has 0 amide bonds. The average molecular weight is 225 g/mol. The fourth-order valence-corrected chi connectivity index (χ4v) is 2.61. The van der Waals surface area contributed by atoms with E-state index in [-0.39, 0.29) is 12.0 Å². The van der Waals surface area contributed by atoms with Crippen LogP contribution in [0.15, 0.2) is 0 Å². The van der Waals surface area contributed by atoms with Gasteiger partial charge in [0.2, 0.25) is 0 Å². The van der Waals surface area contributed by atoms with E-state index >= 15 is 0 Å². The lowest BCUT2D eigenvalue weighted by Gasteiger charge is -2.14. The molecule has 1 rings (SSSR count). The molecule has 0 saturated heterocycles. The maximum Gasteiger partial charge on any atom is 0.135 e. The van der Waals surface area contributed by atoms with Crippen molar-refractivity contribution in [2.24, 2.45) is 17.6 Å². The topological polar surface area (TPSA) is 43.1 Å². The second-order valence-corrected chi connectivity index (χ2v) is 5.63. The van der Waals surface area contributed by atoms with E-state index in [1.54, 1.807) is 0 Å². The summed E-state index contributed by atoms with van der Waals surface area (Å²) >= 11 is 0. The smallest absolute Gasteiger partial charge is 0.135 e.